The Balaban J connectivity index is 2.38. The van der Waals surface area contributed by atoms with E-state index in [-0.39, 0.29) is 17.4 Å². The summed E-state index contributed by atoms with van der Waals surface area (Å²) in [7, 11) is 0. The minimum Gasteiger partial charge on any atom is -0.494 e. The van der Waals surface area contributed by atoms with Crippen LogP contribution in [0.3, 0.4) is 0 Å². The highest BCUT2D eigenvalue weighted by atomic mass is 32.1. The van der Waals surface area contributed by atoms with Gasteiger partial charge in [0.2, 0.25) is 5.88 Å². The van der Waals surface area contributed by atoms with Crippen molar-refractivity contribution in [1.29, 1.82) is 0 Å². The van der Waals surface area contributed by atoms with Gasteiger partial charge in [-0.2, -0.15) is 26.3 Å². The lowest BCUT2D eigenvalue weighted by molar-refractivity contribution is -0.143. The van der Waals surface area contributed by atoms with Crippen LogP contribution in [-0.4, -0.2) is 10.1 Å². The van der Waals surface area contributed by atoms with E-state index >= 15 is 0 Å². The molecule has 0 radical (unpaired) electrons. The lowest BCUT2D eigenvalue weighted by Gasteiger charge is -2.12. The molecule has 128 valence electrons. The molecule has 1 heterocycles. The number of aromatic amines is 1. The molecule has 0 bridgehead atoms. The molecular formula is C14H7F6NO2S. The van der Waals surface area contributed by atoms with Crippen LogP contribution in [0.15, 0.2) is 23.0 Å². The van der Waals surface area contributed by atoms with Crippen molar-refractivity contribution in [3.8, 4) is 17.7 Å². The minimum absolute atomic E-state index is 0.00887. The van der Waals surface area contributed by atoms with E-state index in [1.807, 2.05) is 0 Å². The predicted molar refractivity (Wildman–Crippen MR) is 73.6 cm³/mol. The zero-order valence-corrected chi connectivity index (χ0v) is 12.3. The summed E-state index contributed by atoms with van der Waals surface area (Å²) in [6.07, 6.45) is -10.1. The van der Waals surface area contributed by atoms with Gasteiger partial charge < -0.3 is 5.11 Å². The molecule has 0 unspecified atom stereocenters. The number of benzene rings is 1. The Bertz CT molecular complexity index is 834. The number of H-pyrrole nitrogens is 1. The Morgan fingerprint density at radius 3 is 2.00 bits per heavy atom. The van der Waals surface area contributed by atoms with E-state index in [1.165, 1.54) is 0 Å². The Morgan fingerprint density at radius 1 is 1.04 bits per heavy atom. The summed E-state index contributed by atoms with van der Waals surface area (Å²) < 4.78 is 76.2. The number of aromatic hydroxyl groups is 1. The summed E-state index contributed by atoms with van der Waals surface area (Å²) in [6.45, 7) is 0. The first-order valence-corrected chi connectivity index (χ1v) is 6.98. The summed E-state index contributed by atoms with van der Waals surface area (Å²) in [5.41, 5.74) is -3.40. The van der Waals surface area contributed by atoms with Crippen molar-refractivity contribution in [1.82, 2.24) is 4.98 Å². The summed E-state index contributed by atoms with van der Waals surface area (Å²) in [4.78, 5) is 12.6. The largest absolute Gasteiger partial charge is 0.494 e. The molecule has 24 heavy (non-hydrogen) atoms. The number of thiazole rings is 1. The van der Waals surface area contributed by atoms with Gasteiger partial charge in [-0.15, -0.1) is 0 Å². The first-order chi connectivity index (χ1) is 11.0. The predicted octanol–water partition coefficient (Wildman–Crippen LogP) is 3.77. The van der Waals surface area contributed by atoms with Gasteiger partial charge in [0.15, 0.2) is 0 Å². The first kappa shape index (κ1) is 17.9. The second-order valence-electron chi connectivity index (χ2n) is 4.56. The molecule has 3 nitrogen and oxygen atoms in total. The molecular weight excluding hydrogens is 360 g/mol. The Labute approximate surface area is 134 Å². The second-order valence-corrected chi connectivity index (χ2v) is 5.63. The van der Waals surface area contributed by atoms with E-state index in [0.29, 0.717) is 23.5 Å². The SMILES string of the molecule is O=c1[nH]c(O)c(CC#Cc2cc(C(F)(F)F)cc(C(F)(F)F)c2)s1. The molecule has 1 aromatic heterocycles. The lowest BCUT2D eigenvalue weighted by Crippen LogP contribution is -2.11. The second kappa shape index (κ2) is 6.24. The molecule has 10 heteroatoms. The Kier molecular flexibility index (Phi) is 4.66. The molecule has 0 saturated heterocycles. The monoisotopic (exact) mass is 367 g/mol. The maximum atomic E-state index is 12.7. The average Bonchev–Trinajstić information content (AvgIpc) is 2.75. The average molecular weight is 367 g/mol. The van der Waals surface area contributed by atoms with Crippen LogP contribution in [-0.2, 0) is 18.8 Å². The van der Waals surface area contributed by atoms with E-state index in [4.69, 9.17) is 0 Å². The zero-order valence-electron chi connectivity index (χ0n) is 11.5. The molecule has 0 aliphatic heterocycles. The van der Waals surface area contributed by atoms with Crippen molar-refractivity contribution >= 4 is 11.3 Å². The Morgan fingerprint density at radius 2 is 1.58 bits per heavy atom. The van der Waals surface area contributed by atoms with Crippen LogP contribution in [0, 0.1) is 11.8 Å². The third-order valence-corrected chi connectivity index (χ3v) is 3.64. The highest BCUT2D eigenvalue weighted by molar-refractivity contribution is 7.09. The molecule has 0 saturated carbocycles. The van der Waals surface area contributed by atoms with Crippen molar-refractivity contribution in [2.75, 3.05) is 0 Å². The van der Waals surface area contributed by atoms with Gasteiger partial charge in [-0.3, -0.25) is 9.78 Å². The molecule has 2 aromatic rings. The number of alkyl halides is 6. The van der Waals surface area contributed by atoms with Crippen LogP contribution in [0.4, 0.5) is 26.3 Å². The van der Waals surface area contributed by atoms with E-state index in [0.717, 1.165) is 0 Å². The fraction of sp³-hybridized carbons (Fsp3) is 0.214. The van der Waals surface area contributed by atoms with Crippen molar-refractivity contribution in [3.63, 3.8) is 0 Å². The van der Waals surface area contributed by atoms with Crippen molar-refractivity contribution in [3.05, 3.63) is 49.4 Å². The maximum absolute atomic E-state index is 12.7. The van der Waals surface area contributed by atoms with Gasteiger partial charge in [-0.1, -0.05) is 23.2 Å². The van der Waals surface area contributed by atoms with Crippen LogP contribution in [0.25, 0.3) is 0 Å². The molecule has 0 spiro atoms. The van der Waals surface area contributed by atoms with Gasteiger partial charge in [0.05, 0.1) is 16.0 Å². The third kappa shape index (κ3) is 4.32. The standard InChI is InChI=1S/C14H7F6NO2S/c15-13(16,17)8-4-7(5-9(6-8)14(18,19)20)2-1-3-10-11(22)21-12(23)24-10/h4-6,22H,3H2,(H,21,23). The fourth-order valence-corrected chi connectivity index (χ4v) is 2.39. The lowest BCUT2D eigenvalue weighted by atomic mass is 10.0. The molecule has 0 aliphatic rings. The third-order valence-electron chi connectivity index (χ3n) is 2.77. The molecule has 0 aliphatic carbocycles. The molecule has 0 fully saturated rings. The van der Waals surface area contributed by atoms with Gasteiger partial charge in [-0.25, -0.2) is 0 Å². The topological polar surface area (TPSA) is 53.1 Å². The highest BCUT2D eigenvalue weighted by Gasteiger charge is 2.36. The molecule has 0 atom stereocenters. The summed E-state index contributed by atoms with van der Waals surface area (Å²) >= 11 is 0.641. The molecule has 2 rings (SSSR count). The number of halogens is 6. The van der Waals surface area contributed by atoms with Crippen LogP contribution >= 0.6 is 11.3 Å². The van der Waals surface area contributed by atoms with Crippen LogP contribution in [0.1, 0.15) is 21.6 Å². The van der Waals surface area contributed by atoms with Gasteiger partial charge in [0.25, 0.3) is 0 Å². The van der Waals surface area contributed by atoms with Crippen molar-refractivity contribution in [2.24, 2.45) is 0 Å². The molecule has 2 N–H and O–H groups in total. The molecule has 0 amide bonds. The van der Waals surface area contributed by atoms with Crippen molar-refractivity contribution in [2.45, 2.75) is 18.8 Å². The zero-order chi connectivity index (χ0) is 18.1. The van der Waals surface area contributed by atoms with E-state index < -0.39 is 39.8 Å². The van der Waals surface area contributed by atoms with E-state index in [9.17, 15) is 36.2 Å². The normalized spacial score (nSPS) is 11.9. The first-order valence-electron chi connectivity index (χ1n) is 6.16. The van der Waals surface area contributed by atoms with Crippen LogP contribution in [0.5, 0.6) is 5.88 Å². The maximum Gasteiger partial charge on any atom is 0.416 e. The summed E-state index contributed by atoms with van der Waals surface area (Å²) in [5, 5.41) is 9.32. The van der Waals surface area contributed by atoms with Crippen LogP contribution in [0.2, 0.25) is 0 Å². The Hall–Kier alpha value is -2.41. The number of rotatable bonds is 1. The number of hydrogen-bond donors (Lipinski definition) is 2. The van der Waals surface area contributed by atoms with E-state index in [1.54, 1.807) is 0 Å². The molecule has 1 aromatic carbocycles. The quantitative estimate of drug-likeness (QED) is 0.596. The minimum atomic E-state index is -4.95. The number of hydrogen-bond acceptors (Lipinski definition) is 3. The highest BCUT2D eigenvalue weighted by Crippen LogP contribution is 2.36. The number of aromatic nitrogens is 1. The van der Waals surface area contributed by atoms with Gasteiger partial charge in [0, 0.05) is 12.0 Å². The summed E-state index contributed by atoms with van der Waals surface area (Å²) in [6, 6.07) is 1.01. The van der Waals surface area contributed by atoms with Gasteiger partial charge >= 0.3 is 17.2 Å². The van der Waals surface area contributed by atoms with E-state index in [2.05, 4.69) is 16.8 Å². The van der Waals surface area contributed by atoms with Gasteiger partial charge in [0.1, 0.15) is 0 Å². The fourth-order valence-electron chi connectivity index (χ4n) is 1.73. The smallest absolute Gasteiger partial charge is 0.416 e. The van der Waals surface area contributed by atoms with Crippen LogP contribution < -0.4 is 4.87 Å². The number of nitrogens with one attached hydrogen (secondary N) is 1. The summed E-state index contributed by atoms with van der Waals surface area (Å²) in [5.74, 6) is 4.09. The van der Waals surface area contributed by atoms with Crippen molar-refractivity contribution < 1.29 is 31.4 Å². The van der Waals surface area contributed by atoms with Gasteiger partial charge in [-0.05, 0) is 18.2 Å².